The van der Waals surface area contributed by atoms with Gasteiger partial charge < -0.3 is 11.5 Å². The zero-order chi connectivity index (χ0) is 11.1. The highest BCUT2D eigenvalue weighted by Crippen LogP contribution is 2.56. The van der Waals surface area contributed by atoms with E-state index in [1.807, 2.05) is 12.1 Å². The van der Waals surface area contributed by atoms with Gasteiger partial charge in [-0.05, 0) is 67.2 Å². The van der Waals surface area contributed by atoms with Gasteiger partial charge in [0, 0.05) is 5.69 Å². The van der Waals surface area contributed by atoms with Crippen LogP contribution in [0, 0.1) is 17.8 Å². The minimum Gasteiger partial charge on any atom is -0.399 e. The summed E-state index contributed by atoms with van der Waals surface area (Å²) in [5.41, 5.74) is 14.0. The second kappa shape index (κ2) is 3.77. The molecule has 16 heavy (non-hydrogen) atoms. The van der Waals surface area contributed by atoms with E-state index in [4.69, 9.17) is 11.5 Å². The first-order valence-corrected chi connectivity index (χ1v) is 6.35. The summed E-state index contributed by atoms with van der Waals surface area (Å²) in [7, 11) is 0. The Hall–Kier alpha value is -1.02. The number of benzene rings is 1. The van der Waals surface area contributed by atoms with Gasteiger partial charge in [0.25, 0.3) is 0 Å². The molecular weight excluding hydrogens is 196 g/mol. The standard InChI is InChI=1S/C14H20N2/c15-8-13-10-1-2-11(7-10)14(13)9-3-5-12(16)6-4-9/h3-6,10-11,13-14H,1-2,7-8,15-16H2. The maximum Gasteiger partial charge on any atom is 0.0314 e. The quantitative estimate of drug-likeness (QED) is 0.746. The molecule has 2 aliphatic rings. The van der Waals surface area contributed by atoms with Gasteiger partial charge in [-0.2, -0.15) is 0 Å². The fraction of sp³-hybridized carbons (Fsp3) is 0.571. The van der Waals surface area contributed by atoms with E-state index in [0.29, 0.717) is 11.8 Å². The Morgan fingerprint density at radius 1 is 1.06 bits per heavy atom. The van der Waals surface area contributed by atoms with Crippen LogP contribution in [0.1, 0.15) is 30.7 Å². The van der Waals surface area contributed by atoms with Crippen molar-refractivity contribution in [2.75, 3.05) is 12.3 Å². The first-order chi connectivity index (χ1) is 7.79. The van der Waals surface area contributed by atoms with E-state index in [1.54, 1.807) is 0 Å². The van der Waals surface area contributed by atoms with Crippen molar-refractivity contribution >= 4 is 5.69 Å². The van der Waals surface area contributed by atoms with Gasteiger partial charge in [-0.15, -0.1) is 0 Å². The molecule has 2 aliphatic carbocycles. The highest BCUT2D eigenvalue weighted by molar-refractivity contribution is 5.41. The van der Waals surface area contributed by atoms with Crippen LogP contribution in [-0.4, -0.2) is 6.54 Å². The van der Waals surface area contributed by atoms with E-state index in [-0.39, 0.29) is 0 Å². The Labute approximate surface area is 97.0 Å². The third-order valence-electron chi connectivity index (χ3n) is 4.68. The average molecular weight is 216 g/mol. The third kappa shape index (κ3) is 1.44. The number of hydrogen-bond acceptors (Lipinski definition) is 2. The third-order valence-corrected chi connectivity index (χ3v) is 4.68. The molecule has 0 radical (unpaired) electrons. The minimum atomic E-state index is 0.698. The van der Waals surface area contributed by atoms with Crippen LogP contribution in [0.15, 0.2) is 24.3 Å². The van der Waals surface area contributed by atoms with Gasteiger partial charge in [0.15, 0.2) is 0 Å². The second-order valence-corrected chi connectivity index (χ2v) is 5.43. The van der Waals surface area contributed by atoms with Crippen LogP contribution in [0.3, 0.4) is 0 Å². The zero-order valence-corrected chi connectivity index (χ0v) is 9.60. The number of fused-ring (bicyclic) bond motifs is 2. The molecular formula is C14H20N2. The molecule has 0 spiro atoms. The molecule has 2 fully saturated rings. The zero-order valence-electron chi connectivity index (χ0n) is 9.60. The Balaban J connectivity index is 1.91. The molecule has 1 aromatic carbocycles. The Kier molecular flexibility index (Phi) is 2.40. The predicted molar refractivity (Wildman–Crippen MR) is 67.0 cm³/mol. The molecule has 4 N–H and O–H groups in total. The van der Waals surface area contributed by atoms with E-state index >= 15 is 0 Å². The molecule has 86 valence electrons. The van der Waals surface area contributed by atoms with Gasteiger partial charge in [-0.3, -0.25) is 0 Å². The fourth-order valence-corrected chi connectivity index (χ4v) is 3.99. The van der Waals surface area contributed by atoms with Gasteiger partial charge in [-0.1, -0.05) is 12.1 Å². The number of anilines is 1. The second-order valence-electron chi connectivity index (χ2n) is 5.43. The largest absolute Gasteiger partial charge is 0.399 e. The van der Waals surface area contributed by atoms with E-state index in [0.717, 1.165) is 24.1 Å². The summed E-state index contributed by atoms with van der Waals surface area (Å²) in [6.07, 6.45) is 4.20. The highest BCUT2D eigenvalue weighted by atomic mass is 14.6. The number of hydrogen-bond donors (Lipinski definition) is 2. The van der Waals surface area contributed by atoms with E-state index in [9.17, 15) is 0 Å². The van der Waals surface area contributed by atoms with Gasteiger partial charge in [0.2, 0.25) is 0 Å². The SMILES string of the molecule is NCC1C2CCC(C2)C1c1ccc(N)cc1. The molecule has 4 unspecified atom stereocenters. The Morgan fingerprint density at radius 2 is 1.75 bits per heavy atom. The summed E-state index contributed by atoms with van der Waals surface area (Å²) in [5, 5.41) is 0. The summed E-state index contributed by atoms with van der Waals surface area (Å²) in [4.78, 5) is 0. The molecule has 0 amide bonds. The smallest absolute Gasteiger partial charge is 0.0314 e. The number of nitrogens with two attached hydrogens (primary N) is 2. The van der Waals surface area contributed by atoms with Crippen molar-refractivity contribution in [3.63, 3.8) is 0 Å². The molecule has 3 rings (SSSR count). The normalized spacial score (nSPS) is 36.8. The van der Waals surface area contributed by atoms with Gasteiger partial charge in [0.1, 0.15) is 0 Å². The van der Waals surface area contributed by atoms with Crippen LogP contribution < -0.4 is 11.5 Å². The van der Waals surface area contributed by atoms with E-state index < -0.39 is 0 Å². The van der Waals surface area contributed by atoms with E-state index in [2.05, 4.69) is 12.1 Å². The maximum absolute atomic E-state index is 5.95. The van der Waals surface area contributed by atoms with Crippen LogP contribution in [0.25, 0.3) is 0 Å². The molecule has 2 bridgehead atoms. The van der Waals surface area contributed by atoms with Crippen molar-refractivity contribution in [3.05, 3.63) is 29.8 Å². The molecule has 2 heteroatoms. The molecule has 0 aliphatic heterocycles. The first-order valence-electron chi connectivity index (χ1n) is 6.35. The molecule has 0 aromatic heterocycles. The van der Waals surface area contributed by atoms with Crippen molar-refractivity contribution in [1.29, 1.82) is 0 Å². The van der Waals surface area contributed by atoms with Crippen LogP contribution in [0.2, 0.25) is 0 Å². The lowest BCUT2D eigenvalue weighted by Crippen LogP contribution is -2.27. The van der Waals surface area contributed by atoms with Crippen molar-refractivity contribution in [1.82, 2.24) is 0 Å². The fourth-order valence-electron chi connectivity index (χ4n) is 3.99. The van der Waals surface area contributed by atoms with E-state index in [1.165, 1.54) is 24.8 Å². The van der Waals surface area contributed by atoms with Crippen LogP contribution in [0.4, 0.5) is 5.69 Å². The lowest BCUT2D eigenvalue weighted by Gasteiger charge is -2.30. The highest BCUT2D eigenvalue weighted by Gasteiger charge is 2.47. The Morgan fingerprint density at radius 3 is 2.44 bits per heavy atom. The summed E-state index contributed by atoms with van der Waals surface area (Å²) < 4.78 is 0. The molecule has 0 saturated heterocycles. The minimum absolute atomic E-state index is 0.698. The van der Waals surface area contributed by atoms with Crippen molar-refractivity contribution in [2.45, 2.75) is 25.2 Å². The summed E-state index contributed by atoms with van der Waals surface area (Å²) in [6, 6.07) is 8.44. The van der Waals surface area contributed by atoms with Crippen molar-refractivity contribution in [2.24, 2.45) is 23.5 Å². The number of rotatable bonds is 2. The summed E-state index contributed by atoms with van der Waals surface area (Å²) in [6.45, 7) is 0.843. The summed E-state index contributed by atoms with van der Waals surface area (Å²) >= 11 is 0. The Bertz CT molecular complexity index is 371. The lowest BCUT2D eigenvalue weighted by molar-refractivity contribution is 0.295. The molecule has 2 saturated carbocycles. The van der Waals surface area contributed by atoms with Gasteiger partial charge >= 0.3 is 0 Å². The van der Waals surface area contributed by atoms with Crippen molar-refractivity contribution in [3.8, 4) is 0 Å². The average Bonchev–Trinajstić information content (AvgIpc) is 2.89. The van der Waals surface area contributed by atoms with Crippen molar-refractivity contribution < 1.29 is 0 Å². The monoisotopic (exact) mass is 216 g/mol. The first kappa shape index (κ1) is 10.2. The van der Waals surface area contributed by atoms with Crippen LogP contribution in [0.5, 0.6) is 0 Å². The van der Waals surface area contributed by atoms with Crippen LogP contribution in [-0.2, 0) is 0 Å². The molecule has 4 atom stereocenters. The topological polar surface area (TPSA) is 52.0 Å². The molecule has 2 nitrogen and oxygen atoms in total. The number of nitrogen functional groups attached to an aromatic ring is 1. The summed E-state index contributed by atoms with van der Waals surface area (Å²) in [5.74, 6) is 3.17. The van der Waals surface area contributed by atoms with Gasteiger partial charge in [0.05, 0.1) is 0 Å². The maximum atomic E-state index is 5.95. The van der Waals surface area contributed by atoms with Gasteiger partial charge in [-0.25, -0.2) is 0 Å². The predicted octanol–water partition coefficient (Wildman–Crippen LogP) is 2.36. The van der Waals surface area contributed by atoms with Crippen LogP contribution >= 0.6 is 0 Å². The molecule has 1 aromatic rings. The molecule has 0 heterocycles. The lowest BCUT2D eigenvalue weighted by atomic mass is 9.75.